The number of ether oxygens (including phenoxy) is 1. The van der Waals surface area contributed by atoms with E-state index in [1.54, 1.807) is 37.4 Å². The zero-order chi connectivity index (χ0) is 19.1. The molecule has 7 nitrogen and oxygen atoms in total. The second-order valence-corrected chi connectivity index (χ2v) is 5.83. The first-order valence-electron chi connectivity index (χ1n) is 8.38. The summed E-state index contributed by atoms with van der Waals surface area (Å²) >= 11 is 0. The fraction of sp³-hybridized carbons (Fsp3) is 0.150. The normalized spacial score (nSPS) is 11.4. The number of pyridine rings is 1. The molecule has 2 heterocycles. The maximum absolute atomic E-state index is 12.3. The predicted molar refractivity (Wildman–Crippen MR) is 99.3 cm³/mol. The molecular weight excluding hydrogens is 346 g/mol. The van der Waals surface area contributed by atoms with Gasteiger partial charge in [-0.05, 0) is 37.3 Å². The van der Waals surface area contributed by atoms with E-state index in [0.717, 1.165) is 5.69 Å². The van der Waals surface area contributed by atoms with E-state index in [0.29, 0.717) is 23.6 Å². The summed E-state index contributed by atoms with van der Waals surface area (Å²) in [5.74, 6) is -0.110. The summed E-state index contributed by atoms with van der Waals surface area (Å²) in [7, 11) is 0. The van der Waals surface area contributed by atoms with Gasteiger partial charge >= 0.3 is 0 Å². The van der Waals surface area contributed by atoms with Gasteiger partial charge in [0.15, 0.2) is 0 Å². The maximum atomic E-state index is 12.3. The first-order chi connectivity index (χ1) is 13.1. The van der Waals surface area contributed by atoms with E-state index in [-0.39, 0.29) is 11.8 Å². The number of nitrogens with zero attached hydrogens (tertiary/aromatic N) is 1. The largest absolute Gasteiger partial charge is 0.487 e. The van der Waals surface area contributed by atoms with Crippen LogP contribution in [0.1, 0.15) is 23.0 Å². The summed E-state index contributed by atoms with van der Waals surface area (Å²) in [5, 5.41) is 5.37. The molecule has 0 spiro atoms. The minimum Gasteiger partial charge on any atom is -0.487 e. The highest BCUT2D eigenvalue weighted by Crippen LogP contribution is 2.18. The van der Waals surface area contributed by atoms with Gasteiger partial charge in [-0.1, -0.05) is 12.1 Å². The number of furan rings is 1. The Kier molecular flexibility index (Phi) is 5.84. The van der Waals surface area contributed by atoms with E-state index in [9.17, 15) is 9.59 Å². The molecule has 0 saturated carbocycles. The molecule has 1 unspecified atom stereocenters. The van der Waals surface area contributed by atoms with Crippen LogP contribution in [-0.4, -0.2) is 22.8 Å². The molecular formula is C20H19N3O4. The number of carbonyl (C=O) groups excluding carboxylic acids is 2. The summed E-state index contributed by atoms with van der Waals surface area (Å²) in [4.78, 5) is 28.5. The van der Waals surface area contributed by atoms with Gasteiger partial charge < -0.3 is 19.8 Å². The second-order valence-electron chi connectivity index (χ2n) is 5.83. The molecule has 0 aliphatic heterocycles. The molecule has 3 rings (SSSR count). The van der Waals surface area contributed by atoms with Crippen LogP contribution in [0.15, 0.2) is 71.7 Å². The van der Waals surface area contributed by atoms with Gasteiger partial charge in [0.05, 0.1) is 17.5 Å². The molecule has 3 aromatic rings. The number of aromatic nitrogens is 1. The zero-order valence-corrected chi connectivity index (χ0v) is 14.7. The molecule has 7 heteroatoms. The number of nitrogens with one attached hydrogen (secondary N) is 2. The number of hydrogen-bond acceptors (Lipinski definition) is 5. The molecule has 0 aliphatic carbocycles. The predicted octanol–water partition coefficient (Wildman–Crippen LogP) is 3.01. The van der Waals surface area contributed by atoms with E-state index in [4.69, 9.17) is 9.15 Å². The number of carbonyl (C=O) groups is 2. The quantitative estimate of drug-likeness (QED) is 0.671. The second kappa shape index (κ2) is 8.66. The molecule has 0 saturated heterocycles. The zero-order valence-electron chi connectivity index (χ0n) is 14.7. The van der Waals surface area contributed by atoms with E-state index >= 15 is 0 Å². The summed E-state index contributed by atoms with van der Waals surface area (Å²) in [6.07, 6.45) is 4.42. The smallest absolute Gasteiger partial charge is 0.255 e. The van der Waals surface area contributed by atoms with Crippen LogP contribution in [-0.2, 0) is 11.4 Å². The van der Waals surface area contributed by atoms with Crippen LogP contribution in [0.2, 0.25) is 0 Å². The summed E-state index contributed by atoms with van der Waals surface area (Å²) in [5.41, 5.74) is 1.74. The Labute approximate surface area is 156 Å². The molecule has 0 radical (unpaired) electrons. The van der Waals surface area contributed by atoms with Gasteiger partial charge in [0.2, 0.25) is 5.91 Å². The third-order valence-corrected chi connectivity index (χ3v) is 3.74. The summed E-state index contributed by atoms with van der Waals surface area (Å²) in [6.45, 7) is 1.93. The van der Waals surface area contributed by atoms with Gasteiger partial charge in [0.1, 0.15) is 24.7 Å². The molecule has 1 atom stereocenters. The number of anilines is 1. The van der Waals surface area contributed by atoms with Crippen molar-refractivity contribution in [3.8, 4) is 5.75 Å². The third kappa shape index (κ3) is 5.18. The molecule has 2 aromatic heterocycles. The fourth-order valence-electron chi connectivity index (χ4n) is 2.29. The highest BCUT2D eigenvalue weighted by Gasteiger charge is 2.17. The van der Waals surface area contributed by atoms with E-state index in [2.05, 4.69) is 15.6 Å². The molecule has 0 fully saturated rings. The maximum Gasteiger partial charge on any atom is 0.255 e. The Hall–Kier alpha value is -3.61. The van der Waals surface area contributed by atoms with Gasteiger partial charge in [0, 0.05) is 18.0 Å². The Balaban J connectivity index is 1.55. The van der Waals surface area contributed by atoms with Crippen molar-refractivity contribution in [2.75, 3.05) is 5.32 Å². The first kappa shape index (κ1) is 18.2. The van der Waals surface area contributed by atoms with E-state index in [1.165, 1.54) is 18.6 Å². The van der Waals surface area contributed by atoms with Crippen molar-refractivity contribution in [2.24, 2.45) is 0 Å². The lowest BCUT2D eigenvalue weighted by atomic mass is 10.2. The van der Waals surface area contributed by atoms with Gasteiger partial charge in [0.25, 0.3) is 5.91 Å². The number of rotatable bonds is 7. The Morgan fingerprint density at radius 3 is 2.81 bits per heavy atom. The van der Waals surface area contributed by atoms with Crippen molar-refractivity contribution in [3.63, 3.8) is 0 Å². The highest BCUT2D eigenvalue weighted by atomic mass is 16.5. The van der Waals surface area contributed by atoms with Crippen molar-refractivity contribution >= 4 is 17.5 Å². The molecule has 138 valence electrons. The first-order valence-corrected chi connectivity index (χ1v) is 8.38. The van der Waals surface area contributed by atoms with Crippen LogP contribution in [0.4, 0.5) is 5.69 Å². The average Bonchev–Trinajstić information content (AvgIpc) is 3.22. The fourth-order valence-corrected chi connectivity index (χ4v) is 2.29. The molecule has 2 N–H and O–H groups in total. The number of hydrogen-bond donors (Lipinski definition) is 2. The van der Waals surface area contributed by atoms with Crippen LogP contribution in [0.5, 0.6) is 5.75 Å². The summed E-state index contributed by atoms with van der Waals surface area (Å²) < 4.78 is 10.6. The van der Waals surface area contributed by atoms with Crippen molar-refractivity contribution in [1.82, 2.24) is 10.3 Å². The Morgan fingerprint density at radius 1 is 1.19 bits per heavy atom. The number of benzene rings is 1. The lowest BCUT2D eigenvalue weighted by molar-refractivity contribution is -0.117. The van der Waals surface area contributed by atoms with Crippen LogP contribution in [0, 0.1) is 0 Å². The molecule has 0 bridgehead atoms. The average molecular weight is 365 g/mol. The monoisotopic (exact) mass is 365 g/mol. The van der Waals surface area contributed by atoms with Crippen molar-refractivity contribution < 1.29 is 18.7 Å². The Morgan fingerprint density at radius 2 is 2.07 bits per heavy atom. The minimum atomic E-state index is -0.717. The molecule has 1 aromatic carbocycles. The van der Waals surface area contributed by atoms with Crippen LogP contribution < -0.4 is 15.4 Å². The molecule has 0 aliphatic rings. The topological polar surface area (TPSA) is 93.5 Å². The minimum absolute atomic E-state index is 0.329. The van der Waals surface area contributed by atoms with Gasteiger partial charge in [-0.15, -0.1) is 0 Å². The van der Waals surface area contributed by atoms with E-state index in [1.807, 2.05) is 18.2 Å². The van der Waals surface area contributed by atoms with Crippen molar-refractivity contribution in [3.05, 3.63) is 78.5 Å². The Bertz CT molecular complexity index is 895. The lowest BCUT2D eigenvalue weighted by Crippen LogP contribution is -2.41. The number of amides is 2. The summed E-state index contributed by atoms with van der Waals surface area (Å²) in [6, 6.07) is 13.4. The van der Waals surface area contributed by atoms with Crippen LogP contribution >= 0.6 is 0 Å². The standard InChI is InChI=1S/C20H19N3O4/c1-14(22-20(25)15-8-10-26-12-15)19(24)23-16-6-4-7-18(11-16)27-13-17-5-2-3-9-21-17/h2-12,14H,13H2,1H3,(H,22,25)(H,23,24). The van der Waals surface area contributed by atoms with E-state index < -0.39 is 6.04 Å². The van der Waals surface area contributed by atoms with Gasteiger partial charge in [-0.25, -0.2) is 0 Å². The highest BCUT2D eigenvalue weighted by molar-refractivity contribution is 6.00. The molecule has 27 heavy (non-hydrogen) atoms. The van der Waals surface area contributed by atoms with Gasteiger partial charge in [-0.3, -0.25) is 14.6 Å². The van der Waals surface area contributed by atoms with Gasteiger partial charge in [-0.2, -0.15) is 0 Å². The van der Waals surface area contributed by atoms with Crippen molar-refractivity contribution in [2.45, 2.75) is 19.6 Å². The SMILES string of the molecule is CC(NC(=O)c1ccoc1)C(=O)Nc1cccc(OCc2ccccn2)c1. The van der Waals surface area contributed by atoms with Crippen LogP contribution in [0.25, 0.3) is 0 Å². The van der Waals surface area contributed by atoms with Crippen LogP contribution in [0.3, 0.4) is 0 Å². The lowest BCUT2D eigenvalue weighted by Gasteiger charge is -2.14. The molecule has 2 amide bonds. The van der Waals surface area contributed by atoms with Crippen molar-refractivity contribution in [1.29, 1.82) is 0 Å². The third-order valence-electron chi connectivity index (χ3n) is 3.74.